The third-order valence-electron chi connectivity index (χ3n) is 1.63. The van der Waals surface area contributed by atoms with Gasteiger partial charge in [-0.3, -0.25) is 10.1 Å². The Morgan fingerprint density at radius 2 is 2.47 bits per heavy atom. The monoisotopic (exact) mass is 274 g/mol. The van der Waals surface area contributed by atoms with Gasteiger partial charge in [0.1, 0.15) is 12.0 Å². The van der Waals surface area contributed by atoms with E-state index in [4.69, 9.17) is 5.73 Å². The van der Waals surface area contributed by atoms with E-state index in [0.29, 0.717) is 16.8 Å². The van der Waals surface area contributed by atoms with Crippen LogP contribution in [0.3, 0.4) is 0 Å². The molecule has 1 atom stereocenters. The predicted molar refractivity (Wildman–Crippen MR) is 60.7 cm³/mol. The van der Waals surface area contributed by atoms with Gasteiger partial charge in [-0.25, -0.2) is 4.98 Å². The van der Waals surface area contributed by atoms with Gasteiger partial charge < -0.3 is 11.1 Å². The molecule has 1 aromatic heterocycles. The second-order valence-electron chi connectivity index (χ2n) is 3.14. The summed E-state index contributed by atoms with van der Waals surface area (Å²) in [5, 5.41) is 13.4. The van der Waals surface area contributed by atoms with E-state index >= 15 is 0 Å². The first kappa shape index (κ1) is 11.9. The van der Waals surface area contributed by atoms with Crippen molar-refractivity contribution < 1.29 is 4.92 Å². The first-order valence-corrected chi connectivity index (χ1v) is 5.09. The first-order valence-electron chi connectivity index (χ1n) is 4.30. The van der Waals surface area contributed by atoms with E-state index in [2.05, 4.69) is 26.2 Å². The smallest absolute Gasteiger partial charge is 0.288 e. The van der Waals surface area contributed by atoms with Gasteiger partial charge in [-0.05, 0) is 22.9 Å². The van der Waals surface area contributed by atoms with Crippen LogP contribution in [0.2, 0.25) is 0 Å². The Bertz CT molecular complexity index is 370. The van der Waals surface area contributed by atoms with Crippen molar-refractivity contribution in [1.82, 2.24) is 4.98 Å². The van der Waals surface area contributed by atoms with Crippen molar-refractivity contribution in [1.29, 1.82) is 0 Å². The van der Waals surface area contributed by atoms with Crippen molar-refractivity contribution in [2.75, 3.05) is 11.9 Å². The number of pyridine rings is 1. The number of aromatic nitrogens is 1. The number of nitrogens with two attached hydrogens (primary N) is 1. The Hall–Kier alpha value is -1.21. The molecule has 1 heterocycles. The van der Waals surface area contributed by atoms with Crippen LogP contribution in [0.25, 0.3) is 0 Å². The summed E-state index contributed by atoms with van der Waals surface area (Å²) < 4.78 is 0.553. The van der Waals surface area contributed by atoms with Crippen LogP contribution in [0.1, 0.15) is 6.92 Å². The maximum Gasteiger partial charge on any atom is 0.288 e. The Balaban J connectivity index is 2.79. The van der Waals surface area contributed by atoms with E-state index in [0.717, 1.165) is 0 Å². The number of nitro groups is 1. The van der Waals surface area contributed by atoms with Crippen molar-refractivity contribution in [3.05, 3.63) is 26.9 Å². The van der Waals surface area contributed by atoms with E-state index < -0.39 is 4.92 Å². The topological polar surface area (TPSA) is 94.1 Å². The molecule has 7 heteroatoms. The summed E-state index contributed by atoms with van der Waals surface area (Å²) in [6, 6.07) is 1.39. The zero-order valence-corrected chi connectivity index (χ0v) is 9.69. The SMILES string of the molecule is CC(N)CNc1ncc([N+](=O)[O-])cc1Br. The fourth-order valence-corrected chi connectivity index (χ4v) is 1.39. The third kappa shape index (κ3) is 3.45. The molecule has 0 saturated heterocycles. The highest BCUT2D eigenvalue weighted by Crippen LogP contribution is 2.24. The highest BCUT2D eigenvalue weighted by molar-refractivity contribution is 9.10. The molecule has 1 unspecified atom stereocenters. The summed E-state index contributed by atoms with van der Waals surface area (Å²) in [6.07, 6.45) is 1.20. The standard InChI is InChI=1S/C8H11BrN4O2/c1-5(10)3-11-8-7(9)2-6(4-12-8)13(14)15/h2,4-5H,3,10H2,1H3,(H,11,12). The minimum Gasteiger partial charge on any atom is -0.368 e. The van der Waals surface area contributed by atoms with Gasteiger partial charge in [0.25, 0.3) is 5.69 Å². The van der Waals surface area contributed by atoms with Crippen LogP contribution >= 0.6 is 15.9 Å². The lowest BCUT2D eigenvalue weighted by atomic mass is 10.3. The highest BCUT2D eigenvalue weighted by Gasteiger charge is 2.10. The molecule has 15 heavy (non-hydrogen) atoms. The van der Waals surface area contributed by atoms with Crippen molar-refractivity contribution >= 4 is 27.4 Å². The van der Waals surface area contributed by atoms with E-state index in [-0.39, 0.29) is 11.7 Å². The lowest BCUT2D eigenvalue weighted by Gasteiger charge is -2.09. The van der Waals surface area contributed by atoms with Crippen LogP contribution in [-0.4, -0.2) is 22.5 Å². The lowest BCUT2D eigenvalue weighted by Crippen LogP contribution is -2.25. The first-order chi connectivity index (χ1) is 7.00. The molecule has 1 rings (SSSR count). The number of rotatable bonds is 4. The second-order valence-corrected chi connectivity index (χ2v) is 3.99. The van der Waals surface area contributed by atoms with Gasteiger partial charge in [-0.15, -0.1) is 0 Å². The molecule has 0 aliphatic carbocycles. The zero-order chi connectivity index (χ0) is 11.4. The molecule has 1 aromatic rings. The van der Waals surface area contributed by atoms with Gasteiger partial charge in [0.2, 0.25) is 0 Å². The number of anilines is 1. The van der Waals surface area contributed by atoms with Gasteiger partial charge in [0, 0.05) is 18.7 Å². The Kier molecular flexibility index (Phi) is 3.98. The largest absolute Gasteiger partial charge is 0.368 e. The van der Waals surface area contributed by atoms with Crippen LogP contribution in [0.5, 0.6) is 0 Å². The van der Waals surface area contributed by atoms with Crippen LogP contribution in [0.15, 0.2) is 16.7 Å². The molecule has 0 spiro atoms. The summed E-state index contributed by atoms with van der Waals surface area (Å²) in [4.78, 5) is 13.9. The van der Waals surface area contributed by atoms with E-state index in [1.54, 1.807) is 0 Å². The van der Waals surface area contributed by atoms with E-state index in [1.807, 2.05) is 6.92 Å². The van der Waals surface area contributed by atoms with Crippen LogP contribution in [-0.2, 0) is 0 Å². The number of halogens is 1. The molecule has 82 valence electrons. The second kappa shape index (κ2) is 5.04. The van der Waals surface area contributed by atoms with E-state index in [9.17, 15) is 10.1 Å². The summed E-state index contributed by atoms with van der Waals surface area (Å²) in [5.41, 5.74) is 5.51. The van der Waals surface area contributed by atoms with Crippen LogP contribution in [0.4, 0.5) is 11.5 Å². The quantitative estimate of drug-likeness (QED) is 0.641. The Morgan fingerprint density at radius 1 is 1.80 bits per heavy atom. The third-order valence-corrected chi connectivity index (χ3v) is 2.23. The van der Waals surface area contributed by atoms with E-state index in [1.165, 1.54) is 12.3 Å². The highest BCUT2D eigenvalue weighted by atomic mass is 79.9. The number of hydrogen-bond acceptors (Lipinski definition) is 5. The number of hydrogen-bond donors (Lipinski definition) is 2. The molecule has 0 amide bonds. The van der Waals surface area contributed by atoms with Crippen LogP contribution in [0, 0.1) is 10.1 Å². The molecule has 0 aliphatic heterocycles. The van der Waals surface area contributed by atoms with Gasteiger partial charge >= 0.3 is 0 Å². The maximum atomic E-state index is 10.4. The van der Waals surface area contributed by atoms with Crippen molar-refractivity contribution in [3.63, 3.8) is 0 Å². The fraction of sp³-hybridized carbons (Fsp3) is 0.375. The number of nitrogens with one attached hydrogen (secondary N) is 1. The summed E-state index contributed by atoms with van der Waals surface area (Å²) in [7, 11) is 0. The van der Waals surface area contributed by atoms with Gasteiger partial charge in [0.15, 0.2) is 0 Å². The Morgan fingerprint density at radius 3 is 2.93 bits per heavy atom. The Labute approximate surface area is 95.2 Å². The molecule has 6 nitrogen and oxygen atoms in total. The predicted octanol–water partition coefficient (Wildman–Crippen LogP) is 1.51. The average Bonchev–Trinajstić information content (AvgIpc) is 2.15. The lowest BCUT2D eigenvalue weighted by molar-refractivity contribution is -0.385. The number of nitrogens with zero attached hydrogens (tertiary/aromatic N) is 2. The van der Waals surface area contributed by atoms with Crippen molar-refractivity contribution in [3.8, 4) is 0 Å². The average molecular weight is 275 g/mol. The van der Waals surface area contributed by atoms with Crippen molar-refractivity contribution in [2.24, 2.45) is 5.73 Å². The minimum absolute atomic E-state index is 0.00566. The molecular formula is C8H11BrN4O2. The van der Waals surface area contributed by atoms with Gasteiger partial charge in [0.05, 0.1) is 9.40 Å². The molecule has 3 N–H and O–H groups in total. The molecule has 0 aromatic carbocycles. The summed E-state index contributed by atoms with van der Waals surface area (Å²) in [6.45, 7) is 2.41. The molecular weight excluding hydrogens is 264 g/mol. The molecule has 0 aliphatic rings. The zero-order valence-electron chi connectivity index (χ0n) is 8.11. The molecule has 0 radical (unpaired) electrons. The minimum atomic E-state index is -0.493. The molecule has 0 fully saturated rings. The summed E-state index contributed by atoms with van der Waals surface area (Å²) in [5.74, 6) is 0.554. The molecule has 0 saturated carbocycles. The maximum absolute atomic E-state index is 10.4. The van der Waals surface area contributed by atoms with Crippen molar-refractivity contribution in [2.45, 2.75) is 13.0 Å². The fourth-order valence-electron chi connectivity index (χ4n) is 0.915. The normalized spacial score (nSPS) is 12.2. The summed E-state index contributed by atoms with van der Waals surface area (Å²) >= 11 is 3.20. The van der Waals surface area contributed by atoms with Crippen LogP contribution < -0.4 is 11.1 Å². The van der Waals surface area contributed by atoms with Gasteiger partial charge in [-0.1, -0.05) is 0 Å². The molecule has 0 bridgehead atoms. The van der Waals surface area contributed by atoms with Gasteiger partial charge in [-0.2, -0.15) is 0 Å².